The first-order valence-corrected chi connectivity index (χ1v) is 8.14. The number of aryl methyl sites for hydroxylation is 1. The van der Waals surface area contributed by atoms with E-state index in [1.807, 2.05) is 0 Å². The Morgan fingerprint density at radius 2 is 2.20 bits per heavy atom. The van der Waals surface area contributed by atoms with Gasteiger partial charge in [0.1, 0.15) is 5.69 Å². The minimum atomic E-state index is -2.86. The van der Waals surface area contributed by atoms with Gasteiger partial charge in [-0.05, 0) is 40.5 Å². The van der Waals surface area contributed by atoms with E-state index in [1.165, 1.54) is 12.5 Å². The molecule has 0 aliphatic heterocycles. The van der Waals surface area contributed by atoms with Crippen LogP contribution in [0.5, 0.6) is 0 Å². The summed E-state index contributed by atoms with van der Waals surface area (Å²) in [6, 6.07) is 4.69. The van der Waals surface area contributed by atoms with Gasteiger partial charge in [0.25, 0.3) is 0 Å². The number of rotatable bonds is 7. The topological polar surface area (TPSA) is 57.8 Å². The van der Waals surface area contributed by atoms with E-state index >= 15 is 0 Å². The van der Waals surface area contributed by atoms with Crippen molar-refractivity contribution in [2.24, 2.45) is 6.98 Å². The first-order valence-electron chi connectivity index (χ1n) is 8.85. The van der Waals surface area contributed by atoms with E-state index in [4.69, 9.17) is 4.11 Å². The van der Waals surface area contributed by atoms with Crippen LogP contribution < -0.4 is 0 Å². The van der Waals surface area contributed by atoms with Crippen LogP contribution in [-0.2, 0) is 11.7 Å². The van der Waals surface area contributed by atoms with E-state index in [9.17, 15) is 8.78 Å². The maximum atomic E-state index is 12.4. The SMILES string of the molecule is [2H]C([2H])([2H])n1nccc1-c1cn(C(CCOC(F)F)c2ccc(Br)cn2)cn1. The van der Waals surface area contributed by atoms with Crippen molar-refractivity contribution in [3.8, 4) is 11.4 Å². The molecule has 9 heteroatoms. The van der Waals surface area contributed by atoms with Crippen LogP contribution in [0, 0.1) is 0 Å². The van der Waals surface area contributed by atoms with E-state index in [1.54, 1.807) is 35.2 Å². The van der Waals surface area contributed by atoms with Crippen molar-refractivity contribution < 1.29 is 17.6 Å². The van der Waals surface area contributed by atoms with E-state index in [0.29, 0.717) is 17.1 Å². The molecule has 0 amide bonds. The monoisotopic (exact) mass is 414 g/mol. The number of hydrogen-bond donors (Lipinski definition) is 0. The number of pyridine rings is 1. The van der Waals surface area contributed by atoms with Gasteiger partial charge in [-0.3, -0.25) is 9.67 Å². The second-order valence-electron chi connectivity index (χ2n) is 5.17. The summed E-state index contributed by atoms with van der Waals surface area (Å²) in [5.74, 6) is 0. The summed E-state index contributed by atoms with van der Waals surface area (Å²) in [6.45, 7) is -5.48. The Morgan fingerprint density at radius 3 is 2.92 bits per heavy atom. The highest BCUT2D eigenvalue weighted by molar-refractivity contribution is 9.10. The number of alkyl halides is 2. The lowest BCUT2D eigenvalue weighted by atomic mass is 10.1. The predicted molar refractivity (Wildman–Crippen MR) is 91.1 cm³/mol. The van der Waals surface area contributed by atoms with Crippen LogP contribution >= 0.6 is 15.9 Å². The highest BCUT2D eigenvalue weighted by Crippen LogP contribution is 2.25. The number of aromatic nitrogens is 5. The van der Waals surface area contributed by atoms with Crippen molar-refractivity contribution in [2.45, 2.75) is 19.1 Å². The lowest BCUT2D eigenvalue weighted by Crippen LogP contribution is -2.14. The summed E-state index contributed by atoms with van der Waals surface area (Å²) in [7, 11) is 0. The minimum absolute atomic E-state index is 0.180. The van der Waals surface area contributed by atoms with Crippen LogP contribution in [0.15, 0.2) is 47.6 Å². The Morgan fingerprint density at radius 1 is 1.32 bits per heavy atom. The molecule has 3 aromatic rings. The molecule has 6 nitrogen and oxygen atoms in total. The highest BCUT2D eigenvalue weighted by atomic mass is 79.9. The molecular weight excluding hydrogens is 396 g/mol. The van der Waals surface area contributed by atoms with Crippen molar-refractivity contribution in [1.29, 1.82) is 0 Å². The lowest BCUT2D eigenvalue weighted by Gasteiger charge is -2.18. The average molecular weight is 415 g/mol. The maximum absolute atomic E-state index is 12.4. The van der Waals surface area contributed by atoms with Crippen molar-refractivity contribution in [3.63, 3.8) is 0 Å². The number of imidazole rings is 1. The van der Waals surface area contributed by atoms with E-state index in [0.717, 1.165) is 9.15 Å². The summed E-state index contributed by atoms with van der Waals surface area (Å²) in [6.07, 6.45) is 6.36. The molecule has 0 aliphatic rings. The highest BCUT2D eigenvalue weighted by Gasteiger charge is 2.18. The standard InChI is InChI=1S/C16H16BrF2N5O/c1-23-14(4-6-22-23)13-9-24(10-21-13)15(5-7-25-16(18)19)12-3-2-11(17)8-20-12/h2-4,6,8-10,15-16H,5,7H2,1H3/i1D3. The molecule has 0 aromatic carbocycles. The zero-order valence-electron chi connectivity index (χ0n) is 15.9. The first kappa shape index (κ1) is 14.1. The normalized spacial score (nSPS) is 15.0. The molecule has 1 unspecified atom stereocenters. The number of hydrogen-bond acceptors (Lipinski definition) is 4. The number of halogens is 3. The van der Waals surface area contributed by atoms with E-state index in [-0.39, 0.29) is 13.0 Å². The Labute approximate surface area is 155 Å². The molecule has 0 saturated heterocycles. The minimum Gasteiger partial charge on any atom is -0.328 e. The molecule has 0 bridgehead atoms. The van der Waals surface area contributed by atoms with Crippen molar-refractivity contribution in [3.05, 3.63) is 53.3 Å². The summed E-state index contributed by atoms with van der Waals surface area (Å²) < 4.78 is 55.2. The summed E-state index contributed by atoms with van der Waals surface area (Å²) in [5.41, 5.74) is 1.35. The molecule has 0 spiro atoms. The van der Waals surface area contributed by atoms with Gasteiger partial charge in [0.2, 0.25) is 0 Å². The van der Waals surface area contributed by atoms with Crippen molar-refractivity contribution in [1.82, 2.24) is 24.3 Å². The van der Waals surface area contributed by atoms with Gasteiger partial charge in [0.05, 0.1) is 30.4 Å². The molecule has 3 rings (SSSR count). The molecule has 25 heavy (non-hydrogen) atoms. The zero-order valence-corrected chi connectivity index (χ0v) is 14.5. The fraction of sp³-hybridized carbons (Fsp3) is 0.312. The van der Waals surface area contributed by atoms with Gasteiger partial charge in [-0.2, -0.15) is 13.9 Å². The molecule has 0 radical (unpaired) electrons. The Balaban J connectivity index is 1.91. The summed E-state index contributed by atoms with van der Waals surface area (Å²) >= 11 is 3.31. The van der Waals surface area contributed by atoms with Gasteiger partial charge in [-0.25, -0.2) is 4.98 Å². The molecule has 0 saturated carbocycles. The maximum Gasteiger partial charge on any atom is 0.345 e. The van der Waals surface area contributed by atoms with Gasteiger partial charge in [0, 0.05) is 34.2 Å². The second kappa shape index (κ2) is 7.83. The molecule has 3 heterocycles. The number of nitrogens with zero attached hydrogens (tertiary/aromatic N) is 5. The van der Waals surface area contributed by atoms with Gasteiger partial charge in [0.15, 0.2) is 0 Å². The Kier molecular flexibility index (Phi) is 4.41. The molecule has 132 valence electrons. The van der Waals surface area contributed by atoms with Crippen LogP contribution in [0.3, 0.4) is 0 Å². The molecular formula is C16H16BrF2N5O. The van der Waals surface area contributed by atoms with Crippen LogP contribution in [-0.4, -0.2) is 37.5 Å². The third-order valence-electron chi connectivity index (χ3n) is 3.59. The average Bonchev–Trinajstić information content (AvgIpc) is 3.28. The van der Waals surface area contributed by atoms with E-state index < -0.39 is 19.6 Å². The van der Waals surface area contributed by atoms with Crippen LogP contribution in [0.2, 0.25) is 0 Å². The van der Waals surface area contributed by atoms with Crippen LogP contribution in [0.4, 0.5) is 8.78 Å². The van der Waals surface area contributed by atoms with Gasteiger partial charge < -0.3 is 9.30 Å². The predicted octanol–water partition coefficient (Wildman–Crippen LogP) is 3.66. The molecule has 3 aromatic heterocycles. The smallest absolute Gasteiger partial charge is 0.328 e. The largest absolute Gasteiger partial charge is 0.345 e. The molecule has 1 atom stereocenters. The Bertz CT molecular complexity index is 914. The van der Waals surface area contributed by atoms with Gasteiger partial charge >= 0.3 is 6.61 Å². The van der Waals surface area contributed by atoms with Gasteiger partial charge in [-0.1, -0.05) is 0 Å². The lowest BCUT2D eigenvalue weighted by molar-refractivity contribution is -0.130. The quantitative estimate of drug-likeness (QED) is 0.591. The summed E-state index contributed by atoms with van der Waals surface area (Å²) in [4.78, 5) is 8.60. The van der Waals surface area contributed by atoms with Crippen molar-refractivity contribution >= 4 is 15.9 Å². The van der Waals surface area contributed by atoms with Crippen molar-refractivity contribution in [2.75, 3.05) is 6.61 Å². The third kappa shape index (κ3) is 4.29. The van der Waals surface area contributed by atoms with Crippen LogP contribution in [0.25, 0.3) is 11.4 Å². The number of ether oxygens (including phenoxy) is 1. The first-order chi connectivity index (χ1) is 13.3. The second-order valence-corrected chi connectivity index (χ2v) is 6.09. The Hall–Kier alpha value is -2.13. The third-order valence-corrected chi connectivity index (χ3v) is 4.06. The fourth-order valence-electron chi connectivity index (χ4n) is 2.44. The summed E-state index contributed by atoms with van der Waals surface area (Å²) in [5, 5.41) is 3.84. The molecule has 0 aliphatic carbocycles. The van der Waals surface area contributed by atoms with Gasteiger partial charge in [-0.15, -0.1) is 0 Å². The molecule has 0 N–H and O–H groups in total. The molecule has 0 fully saturated rings. The fourth-order valence-corrected chi connectivity index (χ4v) is 2.67. The van der Waals surface area contributed by atoms with E-state index in [2.05, 4.69) is 35.7 Å². The zero-order chi connectivity index (χ0) is 20.3. The van der Waals surface area contributed by atoms with Crippen LogP contribution in [0.1, 0.15) is 22.3 Å².